The van der Waals surface area contributed by atoms with Crippen LogP contribution in [0.25, 0.3) is 22.7 Å². The molecule has 5 N–H and O–H groups in total. The zero-order chi connectivity index (χ0) is 20.9. The average molecular weight is 402 g/mol. The highest BCUT2D eigenvalue weighted by Gasteiger charge is 2.12. The summed E-state index contributed by atoms with van der Waals surface area (Å²) in [6.45, 7) is 1.12. The fourth-order valence-corrected chi connectivity index (χ4v) is 3.19. The van der Waals surface area contributed by atoms with Gasteiger partial charge in [0.25, 0.3) is 0 Å². The van der Waals surface area contributed by atoms with Gasteiger partial charge in [-0.2, -0.15) is 0 Å². The summed E-state index contributed by atoms with van der Waals surface area (Å²) in [7, 11) is 0. The lowest BCUT2D eigenvalue weighted by Gasteiger charge is -2.07. The number of aromatic amines is 1. The molecule has 4 rings (SSSR count). The Kier molecular flexibility index (Phi) is 5.51. The van der Waals surface area contributed by atoms with Crippen LogP contribution in [-0.2, 0) is 17.9 Å². The summed E-state index contributed by atoms with van der Waals surface area (Å²) in [5.41, 5.74) is 8.73. The number of fused-ring (bicyclic) bond motifs is 1. The summed E-state index contributed by atoms with van der Waals surface area (Å²) in [6, 6.07) is 9.18. The number of H-pyrrole nitrogens is 1. The Balaban J connectivity index is 1.37. The molecular weight excluding hydrogens is 380 g/mol. The van der Waals surface area contributed by atoms with E-state index in [4.69, 9.17) is 11.1 Å². The number of nitrogens with zero attached hydrogens (tertiary/aromatic N) is 4. The monoisotopic (exact) mass is 402 g/mol. The summed E-state index contributed by atoms with van der Waals surface area (Å²) in [5.74, 6) is 1.34. The number of amidine groups is 1. The molecule has 0 spiro atoms. The fourth-order valence-electron chi connectivity index (χ4n) is 3.19. The molecule has 3 aromatic heterocycles. The lowest BCUT2D eigenvalue weighted by Crippen LogP contribution is -2.22. The smallest absolute Gasteiger partial charge is 0.220 e. The number of aryl methyl sites for hydroxylation is 1. The van der Waals surface area contributed by atoms with E-state index in [0.29, 0.717) is 43.1 Å². The van der Waals surface area contributed by atoms with Gasteiger partial charge in [-0.25, -0.2) is 9.97 Å². The zero-order valence-electron chi connectivity index (χ0n) is 16.3. The van der Waals surface area contributed by atoms with E-state index < -0.39 is 0 Å². The number of aromatic nitrogens is 5. The molecule has 0 atom stereocenters. The van der Waals surface area contributed by atoms with Crippen LogP contribution in [-0.4, -0.2) is 36.2 Å². The predicted octanol–water partition coefficient (Wildman–Crippen LogP) is 2.20. The molecule has 0 unspecified atom stereocenters. The summed E-state index contributed by atoms with van der Waals surface area (Å²) in [4.78, 5) is 28.4. The number of pyridine rings is 1. The second-order valence-electron chi connectivity index (χ2n) is 6.92. The van der Waals surface area contributed by atoms with E-state index in [1.54, 1.807) is 30.7 Å². The largest absolute Gasteiger partial charge is 0.384 e. The Morgan fingerprint density at radius 1 is 1.27 bits per heavy atom. The lowest BCUT2D eigenvalue weighted by molar-refractivity contribution is -0.121. The Labute approximate surface area is 172 Å². The van der Waals surface area contributed by atoms with E-state index >= 15 is 0 Å². The predicted molar refractivity (Wildman–Crippen MR) is 114 cm³/mol. The molecule has 0 saturated heterocycles. The van der Waals surface area contributed by atoms with Crippen molar-refractivity contribution in [3.8, 4) is 11.6 Å². The first-order chi connectivity index (χ1) is 14.6. The van der Waals surface area contributed by atoms with Crippen molar-refractivity contribution >= 4 is 22.8 Å². The van der Waals surface area contributed by atoms with Gasteiger partial charge in [0.1, 0.15) is 5.84 Å². The lowest BCUT2D eigenvalue weighted by atomic mass is 10.2. The molecule has 0 aliphatic carbocycles. The van der Waals surface area contributed by atoms with Crippen molar-refractivity contribution in [2.24, 2.45) is 5.73 Å². The van der Waals surface area contributed by atoms with Gasteiger partial charge in [-0.05, 0) is 36.2 Å². The minimum Gasteiger partial charge on any atom is -0.384 e. The van der Waals surface area contributed by atoms with Gasteiger partial charge in [-0.1, -0.05) is 6.07 Å². The van der Waals surface area contributed by atoms with Crippen LogP contribution in [0.15, 0.2) is 55.1 Å². The second-order valence-corrected chi connectivity index (χ2v) is 6.92. The van der Waals surface area contributed by atoms with Gasteiger partial charge in [-0.3, -0.25) is 15.2 Å². The van der Waals surface area contributed by atoms with Crippen molar-refractivity contribution in [2.75, 3.05) is 0 Å². The van der Waals surface area contributed by atoms with E-state index in [9.17, 15) is 4.79 Å². The first-order valence-electron chi connectivity index (χ1n) is 9.61. The third kappa shape index (κ3) is 4.35. The Morgan fingerprint density at radius 3 is 2.97 bits per heavy atom. The Hall–Kier alpha value is -4.01. The normalized spacial score (nSPS) is 10.9. The molecule has 0 fully saturated rings. The Bertz CT molecular complexity index is 1180. The number of rotatable bonds is 8. The van der Waals surface area contributed by atoms with Crippen LogP contribution in [0.4, 0.5) is 0 Å². The van der Waals surface area contributed by atoms with Crippen molar-refractivity contribution in [1.82, 2.24) is 29.8 Å². The van der Waals surface area contributed by atoms with Gasteiger partial charge in [-0.15, -0.1) is 0 Å². The van der Waals surface area contributed by atoms with Crippen LogP contribution in [0.1, 0.15) is 24.0 Å². The molecule has 9 nitrogen and oxygen atoms in total. The van der Waals surface area contributed by atoms with Crippen molar-refractivity contribution < 1.29 is 4.79 Å². The first-order valence-corrected chi connectivity index (χ1v) is 9.61. The number of hydrogen-bond donors (Lipinski definition) is 4. The second kappa shape index (κ2) is 8.56. The molecule has 3 heterocycles. The molecule has 0 radical (unpaired) electrons. The minimum absolute atomic E-state index is 0.000942. The minimum atomic E-state index is 0.000942. The van der Waals surface area contributed by atoms with Crippen LogP contribution in [0.5, 0.6) is 0 Å². The number of carbonyl (C=O) groups excluding carboxylic acids is 1. The van der Waals surface area contributed by atoms with E-state index in [0.717, 1.165) is 16.6 Å². The number of nitrogens with one attached hydrogen (secondary N) is 3. The van der Waals surface area contributed by atoms with Gasteiger partial charge < -0.3 is 20.6 Å². The molecule has 152 valence electrons. The maximum Gasteiger partial charge on any atom is 0.220 e. The molecule has 0 aliphatic rings. The van der Waals surface area contributed by atoms with Crippen LogP contribution in [0, 0.1) is 5.41 Å². The quantitative estimate of drug-likeness (QED) is 0.264. The summed E-state index contributed by atoms with van der Waals surface area (Å²) >= 11 is 0. The number of nitrogens with two attached hydrogens (primary N) is 1. The zero-order valence-corrected chi connectivity index (χ0v) is 16.3. The van der Waals surface area contributed by atoms with E-state index in [2.05, 4.69) is 25.3 Å². The molecule has 0 bridgehead atoms. The van der Waals surface area contributed by atoms with Crippen LogP contribution >= 0.6 is 0 Å². The van der Waals surface area contributed by atoms with Gasteiger partial charge >= 0.3 is 0 Å². The molecular formula is C21H22N8O. The first kappa shape index (κ1) is 19.3. The highest BCUT2D eigenvalue weighted by Crippen LogP contribution is 2.20. The van der Waals surface area contributed by atoms with E-state index in [1.165, 1.54) is 0 Å². The van der Waals surface area contributed by atoms with Gasteiger partial charge in [0, 0.05) is 49.9 Å². The highest BCUT2D eigenvalue weighted by atomic mass is 16.1. The topological polar surface area (TPSA) is 138 Å². The average Bonchev–Trinajstić information content (AvgIpc) is 3.38. The number of amides is 1. The third-order valence-electron chi connectivity index (χ3n) is 4.74. The maximum atomic E-state index is 12.1. The number of benzene rings is 1. The molecule has 1 aromatic carbocycles. The molecule has 30 heavy (non-hydrogen) atoms. The fraction of sp³-hybridized carbons (Fsp3) is 0.190. The van der Waals surface area contributed by atoms with Crippen molar-refractivity contribution in [3.63, 3.8) is 0 Å². The molecule has 4 aromatic rings. The molecule has 0 saturated carbocycles. The molecule has 0 aliphatic heterocycles. The van der Waals surface area contributed by atoms with Gasteiger partial charge in [0.2, 0.25) is 5.91 Å². The summed E-state index contributed by atoms with van der Waals surface area (Å²) < 4.78 is 1.97. The highest BCUT2D eigenvalue weighted by molar-refractivity contribution is 5.98. The van der Waals surface area contributed by atoms with Crippen LogP contribution < -0.4 is 11.1 Å². The van der Waals surface area contributed by atoms with Gasteiger partial charge in [0.15, 0.2) is 11.6 Å². The van der Waals surface area contributed by atoms with E-state index in [-0.39, 0.29) is 11.7 Å². The standard InChI is InChI=1S/C21H22N8O/c22-19(23)15-5-6-16-17(11-15)28-20(27-16)21-25-8-10-29(21)9-2-4-18(30)26-13-14-3-1-7-24-12-14/h1,3,5-8,10-12H,2,4,9,13H2,(H3,22,23)(H,26,30)(H,27,28). The van der Waals surface area contributed by atoms with Crippen LogP contribution in [0.3, 0.4) is 0 Å². The van der Waals surface area contributed by atoms with E-state index in [1.807, 2.05) is 29.0 Å². The number of carbonyl (C=O) groups is 1. The number of imidazole rings is 2. The SMILES string of the molecule is N=C(N)c1ccc2[nH]c(-c3nccn3CCCC(=O)NCc3cccnc3)nc2c1. The third-order valence-corrected chi connectivity index (χ3v) is 4.74. The van der Waals surface area contributed by atoms with Crippen LogP contribution in [0.2, 0.25) is 0 Å². The maximum absolute atomic E-state index is 12.1. The van der Waals surface area contributed by atoms with Crippen molar-refractivity contribution in [1.29, 1.82) is 5.41 Å². The van der Waals surface area contributed by atoms with Gasteiger partial charge in [0.05, 0.1) is 11.0 Å². The van der Waals surface area contributed by atoms with Crippen molar-refractivity contribution in [3.05, 3.63) is 66.2 Å². The van der Waals surface area contributed by atoms with Crippen molar-refractivity contribution in [2.45, 2.75) is 25.9 Å². The summed E-state index contributed by atoms with van der Waals surface area (Å²) in [6.07, 6.45) is 8.13. The number of hydrogen-bond acceptors (Lipinski definition) is 5. The molecule has 1 amide bonds. The number of nitrogen functional groups attached to an aromatic ring is 1. The Morgan fingerprint density at radius 2 is 2.17 bits per heavy atom. The summed E-state index contributed by atoms with van der Waals surface area (Å²) in [5, 5.41) is 10.5. The molecule has 9 heteroatoms.